The molecule has 4 unspecified atom stereocenters. The van der Waals surface area contributed by atoms with E-state index in [9.17, 15) is 0 Å². The Kier molecular flexibility index (Phi) is 9.89. The molecule has 0 fully saturated rings. The van der Waals surface area contributed by atoms with Gasteiger partial charge in [0.25, 0.3) is 0 Å². The fourth-order valence-electron chi connectivity index (χ4n) is 0.671. The Hall–Kier alpha value is 0.643. The Morgan fingerprint density at radius 1 is 0.692 bits per heavy atom. The van der Waals surface area contributed by atoms with E-state index in [0.29, 0.717) is 0 Å². The second-order valence-electron chi connectivity index (χ2n) is 2.48. The first-order chi connectivity index (χ1) is 5.54. The van der Waals surface area contributed by atoms with Gasteiger partial charge in [0.1, 0.15) is 24.4 Å². The van der Waals surface area contributed by atoms with Crippen LogP contribution >= 0.6 is 0 Å². The molecule has 0 aromatic carbocycles. The standard InChI is InChI=1S/C6H14O6.Bi.3H/c7-1-3(9)5(11)6(12)4(10)2-8;;;;/h3-12H,1-2H2;;;;. The van der Waals surface area contributed by atoms with E-state index in [1.165, 1.54) is 0 Å². The second-order valence-corrected chi connectivity index (χ2v) is 2.48. The molecule has 0 aromatic heterocycles. The van der Waals surface area contributed by atoms with E-state index in [4.69, 9.17) is 30.6 Å². The van der Waals surface area contributed by atoms with E-state index in [0.717, 1.165) is 0 Å². The molecule has 0 rings (SSSR count). The van der Waals surface area contributed by atoms with Crippen molar-refractivity contribution in [1.29, 1.82) is 0 Å². The van der Waals surface area contributed by atoms with Crippen molar-refractivity contribution in [1.82, 2.24) is 0 Å². The molecule has 0 saturated carbocycles. The summed E-state index contributed by atoms with van der Waals surface area (Å²) >= 11 is 0. The van der Waals surface area contributed by atoms with E-state index < -0.39 is 37.6 Å². The summed E-state index contributed by atoms with van der Waals surface area (Å²) < 4.78 is 0. The maximum absolute atomic E-state index is 8.96. The van der Waals surface area contributed by atoms with Crippen LogP contribution in [0.15, 0.2) is 0 Å². The summed E-state index contributed by atoms with van der Waals surface area (Å²) in [6, 6.07) is 0. The summed E-state index contributed by atoms with van der Waals surface area (Å²) in [4.78, 5) is 0. The molecule has 0 aliphatic rings. The number of hydrogen-bond acceptors (Lipinski definition) is 6. The molecule has 6 nitrogen and oxygen atoms in total. The van der Waals surface area contributed by atoms with E-state index in [2.05, 4.69) is 0 Å². The number of aliphatic hydroxyl groups excluding tert-OH is 6. The second kappa shape index (κ2) is 7.99. The molecular formula is C6H17BiO6. The first-order valence-corrected chi connectivity index (χ1v) is 3.48. The van der Waals surface area contributed by atoms with Gasteiger partial charge in [-0.05, 0) is 0 Å². The van der Waals surface area contributed by atoms with Crippen molar-refractivity contribution < 1.29 is 30.6 Å². The molecule has 0 saturated heterocycles. The molecule has 82 valence electrons. The van der Waals surface area contributed by atoms with Crippen LogP contribution in [0, 0.1) is 0 Å². The van der Waals surface area contributed by atoms with Gasteiger partial charge >= 0.3 is 26.2 Å². The van der Waals surface area contributed by atoms with Gasteiger partial charge in [0, 0.05) is 0 Å². The van der Waals surface area contributed by atoms with Crippen LogP contribution < -0.4 is 0 Å². The normalized spacial score (nSPS) is 19.8. The molecule has 0 heterocycles. The summed E-state index contributed by atoms with van der Waals surface area (Å²) in [5.41, 5.74) is 0. The van der Waals surface area contributed by atoms with Gasteiger partial charge in [0.05, 0.1) is 13.2 Å². The Bertz CT molecular complexity index is 110. The van der Waals surface area contributed by atoms with Gasteiger partial charge in [-0.15, -0.1) is 0 Å². The van der Waals surface area contributed by atoms with Crippen LogP contribution in [-0.4, -0.2) is 94.5 Å². The predicted octanol–water partition coefficient (Wildman–Crippen LogP) is -4.77. The average Bonchev–Trinajstić information content (AvgIpc) is 2.12. The molecule has 0 bridgehead atoms. The van der Waals surface area contributed by atoms with E-state index in [1.54, 1.807) is 0 Å². The predicted molar refractivity (Wildman–Crippen MR) is 48.1 cm³/mol. The zero-order valence-electron chi connectivity index (χ0n) is 7.11. The van der Waals surface area contributed by atoms with Gasteiger partial charge in [-0.3, -0.25) is 0 Å². The van der Waals surface area contributed by atoms with Gasteiger partial charge in [-0.25, -0.2) is 0 Å². The fraction of sp³-hybridized carbons (Fsp3) is 1.00. The van der Waals surface area contributed by atoms with Crippen LogP contribution in [-0.2, 0) is 0 Å². The first kappa shape index (κ1) is 16.1. The number of hydrogen-bond donors (Lipinski definition) is 6. The van der Waals surface area contributed by atoms with Crippen molar-refractivity contribution in [2.45, 2.75) is 24.4 Å². The van der Waals surface area contributed by atoms with E-state index in [1.807, 2.05) is 0 Å². The molecule has 0 aromatic rings. The Labute approximate surface area is 94.6 Å². The fourth-order valence-corrected chi connectivity index (χ4v) is 0.671. The van der Waals surface area contributed by atoms with Crippen LogP contribution in [0.3, 0.4) is 0 Å². The maximum atomic E-state index is 8.96. The molecule has 0 radical (unpaired) electrons. The van der Waals surface area contributed by atoms with Crippen LogP contribution in [0.25, 0.3) is 0 Å². The molecule has 0 aliphatic carbocycles. The summed E-state index contributed by atoms with van der Waals surface area (Å²) in [5, 5.41) is 52.2. The van der Waals surface area contributed by atoms with Gasteiger partial charge in [0.2, 0.25) is 0 Å². The number of aliphatic hydroxyl groups is 6. The molecule has 7 heteroatoms. The quantitative estimate of drug-likeness (QED) is 0.261. The van der Waals surface area contributed by atoms with Crippen molar-refractivity contribution in [2.75, 3.05) is 13.2 Å². The summed E-state index contributed by atoms with van der Waals surface area (Å²) in [6.45, 7) is -1.45. The van der Waals surface area contributed by atoms with E-state index in [-0.39, 0.29) is 26.2 Å². The molecule has 13 heavy (non-hydrogen) atoms. The monoisotopic (exact) mass is 394 g/mol. The zero-order chi connectivity index (χ0) is 9.72. The van der Waals surface area contributed by atoms with Crippen molar-refractivity contribution >= 4 is 26.2 Å². The molecule has 0 spiro atoms. The van der Waals surface area contributed by atoms with Gasteiger partial charge in [-0.1, -0.05) is 0 Å². The van der Waals surface area contributed by atoms with Crippen LogP contribution in [0.4, 0.5) is 0 Å². The van der Waals surface area contributed by atoms with Gasteiger partial charge in [0.15, 0.2) is 0 Å². The molecule has 4 atom stereocenters. The Morgan fingerprint density at radius 2 is 0.923 bits per heavy atom. The van der Waals surface area contributed by atoms with Crippen LogP contribution in [0.5, 0.6) is 0 Å². The van der Waals surface area contributed by atoms with Gasteiger partial charge in [-0.2, -0.15) is 0 Å². The SMILES string of the molecule is OCC(O)C(O)C(O)C(O)CO.[BiH3]. The third kappa shape index (κ3) is 5.17. The average molecular weight is 394 g/mol. The Morgan fingerprint density at radius 3 is 1.08 bits per heavy atom. The minimum atomic E-state index is -1.67. The van der Waals surface area contributed by atoms with Crippen molar-refractivity contribution in [2.24, 2.45) is 0 Å². The van der Waals surface area contributed by atoms with E-state index >= 15 is 0 Å². The topological polar surface area (TPSA) is 121 Å². The molecule has 0 amide bonds. The summed E-state index contributed by atoms with van der Waals surface area (Å²) in [7, 11) is 0. The first-order valence-electron chi connectivity index (χ1n) is 3.48. The van der Waals surface area contributed by atoms with Gasteiger partial charge < -0.3 is 30.6 Å². The van der Waals surface area contributed by atoms with Crippen molar-refractivity contribution in [3.8, 4) is 0 Å². The van der Waals surface area contributed by atoms with Crippen LogP contribution in [0.1, 0.15) is 0 Å². The number of rotatable bonds is 5. The molecule has 0 aliphatic heterocycles. The minimum absolute atomic E-state index is 0. The molecular weight excluding hydrogens is 377 g/mol. The third-order valence-corrected chi connectivity index (χ3v) is 1.51. The van der Waals surface area contributed by atoms with Crippen LogP contribution in [0.2, 0.25) is 0 Å². The third-order valence-electron chi connectivity index (χ3n) is 1.51. The zero-order valence-corrected chi connectivity index (χ0v) is 12.6. The summed E-state index contributed by atoms with van der Waals surface area (Å²) in [5.74, 6) is 0. The van der Waals surface area contributed by atoms with Crippen molar-refractivity contribution in [3.63, 3.8) is 0 Å². The molecule has 6 N–H and O–H groups in total. The summed E-state index contributed by atoms with van der Waals surface area (Å²) in [6.07, 6.45) is -6.39. The Balaban J connectivity index is 0. The van der Waals surface area contributed by atoms with Crippen molar-refractivity contribution in [3.05, 3.63) is 0 Å².